The lowest BCUT2D eigenvalue weighted by atomic mass is 10.2. The second-order valence-corrected chi connectivity index (χ2v) is 4.00. The first-order valence-corrected chi connectivity index (χ1v) is 5.38. The molecule has 18 heavy (non-hydrogen) atoms. The van der Waals surface area contributed by atoms with Crippen LogP contribution in [-0.4, -0.2) is 15.1 Å². The van der Waals surface area contributed by atoms with E-state index < -0.39 is 0 Å². The number of anilines is 1. The molecule has 4 N–H and O–H groups in total. The summed E-state index contributed by atoms with van der Waals surface area (Å²) in [6.45, 7) is 0. The average Bonchev–Trinajstić information content (AvgIpc) is 2.78. The van der Waals surface area contributed by atoms with Gasteiger partial charge in [-0.15, -0.1) is 0 Å². The minimum atomic E-state index is -0.380. The normalized spacial score (nSPS) is 10.9. The summed E-state index contributed by atoms with van der Waals surface area (Å²) in [6.07, 6.45) is 0. The van der Waals surface area contributed by atoms with Crippen LogP contribution in [0.1, 0.15) is 0 Å². The standard InChI is InChI=1S/C13H10FN3O/c14-8-2-1-3-10-12(8)17-13(16-10)7-4-5-9(15)11(18)6-7/h1-6,18H,15H2,(H,16,17). The quantitative estimate of drug-likeness (QED) is 0.454. The van der Waals surface area contributed by atoms with Crippen LogP contribution >= 0.6 is 0 Å². The van der Waals surface area contributed by atoms with Crippen molar-refractivity contribution in [1.29, 1.82) is 0 Å². The first-order valence-electron chi connectivity index (χ1n) is 5.38. The largest absolute Gasteiger partial charge is 0.506 e. The van der Waals surface area contributed by atoms with E-state index in [1.165, 1.54) is 12.1 Å². The summed E-state index contributed by atoms with van der Waals surface area (Å²) in [5.41, 5.74) is 7.36. The molecule has 0 saturated carbocycles. The maximum Gasteiger partial charge on any atom is 0.151 e. The molecule has 0 unspecified atom stereocenters. The molecule has 1 aromatic heterocycles. The van der Waals surface area contributed by atoms with E-state index in [0.29, 0.717) is 22.6 Å². The zero-order valence-corrected chi connectivity index (χ0v) is 9.31. The lowest BCUT2D eigenvalue weighted by molar-refractivity contribution is 0.478. The van der Waals surface area contributed by atoms with Crippen LogP contribution in [0, 0.1) is 5.82 Å². The Morgan fingerprint density at radius 3 is 2.78 bits per heavy atom. The van der Waals surface area contributed by atoms with E-state index in [1.807, 2.05) is 0 Å². The molecule has 0 saturated heterocycles. The molecule has 0 bridgehead atoms. The third-order valence-corrected chi connectivity index (χ3v) is 2.77. The predicted octanol–water partition coefficient (Wildman–Crippen LogP) is 2.66. The van der Waals surface area contributed by atoms with Crippen LogP contribution in [0.5, 0.6) is 5.75 Å². The Labute approximate surface area is 102 Å². The average molecular weight is 243 g/mol. The fraction of sp³-hybridized carbons (Fsp3) is 0. The minimum Gasteiger partial charge on any atom is -0.506 e. The van der Waals surface area contributed by atoms with Crippen molar-refractivity contribution in [2.24, 2.45) is 0 Å². The monoisotopic (exact) mass is 243 g/mol. The molecule has 5 heteroatoms. The minimum absolute atomic E-state index is 0.0200. The van der Waals surface area contributed by atoms with Crippen molar-refractivity contribution in [3.63, 3.8) is 0 Å². The summed E-state index contributed by atoms with van der Waals surface area (Å²) in [5.74, 6) is 0.0912. The zero-order chi connectivity index (χ0) is 12.7. The van der Waals surface area contributed by atoms with Crippen molar-refractivity contribution >= 4 is 16.7 Å². The molecule has 0 fully saturated rings. The molecular formula is C13H10FN3O. The van der Waals surface area contributed by atoms with Crippen LogP contribution < -0.4 is 5.73 Å². The highest BCUT2D eigenvalue weighted by atomic mass is 19.1. The molecule has 0 radical (unpaired) electrons. The molecule has 1 heterocycles. The first-order chi connectivity index (χ1) is 8.65. The van der Waals surface area contributed by atoms with Gasteiger partial charge in [-0.2, -0.15) is 0 Å². The molecule has 2 aromatic carbocycles. The Morgan fingerprint density at radius 1 is 1.22 bits per heavy atom. The molecular weight excluding hydrogens is 233 g/mol. The third-order valence-electron chi connectivity index (χ3n) is 2.77. The first kappa shape index (κ1) is 10.6. The number of nitrogens with zero attached hydrogens (tertiary/aromatic N) is 1. The van der Waals surface area contributed by atoms with Crippen LogP contribution in [0.3, 0.4) is 0 Å². The predicted molar refractivity (Wildman–Crippen MR) is 67.6 cm³/mol. The van der Waals surface area contributed by atoms with Gasteiger partial charge in [-0.1, -0.05) is 6.07 Å². The lowest BCUT2D eigenvalue weighted by Gasteiger charge is -2.00. The van der Waals surface area contributed by atoms with Crippen molar-refractivity contribution < 1.29 is 9.50 Å². The Hall–Kier alpha value is -2.56. The van der Waals surface area contributed by atoms with Gasteiger partial charge in [-0.05, 0) is 30.3 Å². The van der Waals surface area contributed by atoms with Crippen LogP contribution in [0.4, 0.5) is 10.1 Å². The van der Waals surface area contributed by atoms with Crippen LogP contribution in [0.15, 0.2) is 36.4 Å². The van der Waals surface area contributed by atoms with Gasteiger partial charge in [-0.25, -0.2) is 9.37 Å². The molecule has 0 aliphatic rings. The topological polar surface area (TPSA) is 74.9 Å². The van der Waals surface area contributed by atoms with Gasteiger partial charge in [0.1, 0.15) is 17.1 Å². The number of imidazole rings is 1. The van der Waals surface area contributed by atoms with Crippen molar-refractivity contribution in [2.45, 2.75) is 0 Å². The van der Waals surface area contributed by atoms with Gasteiger partial charge in [-0.3, -0.25) is 0 Å². The van der Waals surface area contributed by atoms with Gasteiger partial charge >= 0.3 is 0 Å². The number of H-pyrrole nitrogens is 1. The van der Waals surface area contributed by atoms with Gasteiger partial charge in [0.15, 0.2) is 5.82 Å². The summed E-state index contributed by atoms with van der Waals surface area (Å²) in [4.78, 5) is 7.17. The number of phenolic OH excluding ortho intramolecular Hbond substituents is 1. The van der Waals surface area contributed by atoms with Crippen molar-refractivity contribution in [2.75, 3.05) is 5.73 Å². The van der Waals surface area contributed by atoms with Gasteiger partial charge in [0.05, 0.1) is 11.2 Å². The Morgan fingerprint density at radius 2 is 2.06 bits per heavy atom. The number of phenols is 1. The molecule has 0 aliphatic carbocycles. The molecule has 3 aromatic rings. The summed E-state index contributed by atoms with van der Waals surface area (Å²) in [7, 11) is 0. The Balaban J connectivity index is 2.19. The fourth-order valence-electron chi connectivity index (χ4n) is 1.82. The maximum absolute atomic E-state index is 13.5. The smallest absolute Gasteiger partial charge is 0.151 e. The number of nitrogen functional groups attached to an aromatic ring is 1. The number of benzene rings is 2. The summed E-state index contributed by atoms with van der Waals surface area (Å²) in [6, 6.07) is 9.49. The highest BCUT2D eigenvalue weighted by molar-refractivity contribution is 5.80. The number of hydrogen-bond donors (Lipinski definition) is 3. The lowest BCUT2D eigenvalue weighted by Crippen LogP contribution is -1.86. The van der Waals surface area contributed by atoms with Crippen molar-refractivity contribution in [3.8, 4) is 17.1 Å². The van der Waals surface area contributed by atoms with Crippen molar-refractivity contribution in [1.82, 2.24) is 9.97 Å². The number of rotatable bonds is 1. The Kier molecular flexibility index (Phi) is 2.19. The van der Waals surface area contributed by atoms with Gasteiger partial charge in [0.2, 0.25) is 0 Å². The molecule has 0 amide bonds. The van der Waals surface area contributed by atoms with E-state index >= 15 is 0 Å². The number of nitrogens with one attached hydrogen (secondary N) is 1. The molecule has 4 nitrogen and oxygen atoms in total. The highest BCUT2D eigenvalue weighted by Crippen LogP contribution is 2.28. The third kappa shape index (κ3) is 1.57. The number of hydrogen-bond acceptors (Lipinski definition) is 3. The van der Waals surface area contributed by atoms with E-state index in [-0.39, 0.29) is 17.1 Å². The van der Waals surface area contributed by atoms with Gasteiger partial charge in [0, 0.05) is 5.56 Å². The number of fused-ring (bicyclic) bond motifs is 1. The molecule has 3 rings (SSSR count). The highest BCUT2D eigenvalue weighted by Gasteiger charge is 2.09. The van der Waals surface area contributed by atoms with Gasteiger partial charge in [0.25, 0.3) is 0 Å². The second-order valence-electron chi connectivity index (χ2n) is 4.00. The van der Waals surface area contributed by atoms with Crippen LogP contribution in [-0.2, 0) is 0 Å². The maximum atomic E-state index is 13.5. The SMILES string of the molecule is Nc1ccc(-c2nc3c(F)cccc3[nH]2)cc1O. The second kappa shape index (κ2) is 3.73. The van der Waals surface area contributed by atoms with Crippen LogP contribution in [0.2, 0.25) is 0 Å². The van der Waals surface area contributed by atoms with Crippen molar-refractivity contribution in [3.05, 3.63) is 42.2 Å². The number of aromatic hydroxyl groups is 1. The molecule has 0 spiro atoms. The van der Waals surface area contributed by atoms with Gasteiger partial charge < -0.3 is 15.8 Å². The number of halogens is 1. The van der Waals surface area contributed by atoms with Crippen LogP contribution in [0.25, 0.3) is 22.4 Å². The summed E-state index contributed by atoms with van der Waals surface area (Å²) in [5, 5.41) is 9.55. The molecule has 0 atom stereocenters. The number of aromatic nitrogens is 2. The van der Waals surface area contributed by atoms with E-state index in [4.69, 9.17) is 5.73 Å². The summed E-state index contributed by atoms with van der Waals surface area (Å²) >= 11 is 0. The Bertz CT molecular complexity index is 736. The number of nitrogens with two attached hydrogens (primary N) is 1. The van der Waals surface area contributed by atoms with E-state index in [1.54, 1.807) is 24.3 Å². The summed E-state index contributed by atoms with van der Waals surface area (Å²) < 4.78 is 13.5. The zero-order valence-electron chi connectivity index (χ0n) is 9.31. The molecule has 0 aliphatic heterocycles. The molecule has 90 valence electrons. The van der Waals surface area contributed by atoms with E-state index in [0.717, 1.165) is 0 Å². The number of aromatic amines is 1. The fourth-order valence-corrected chi connectivity index (χ4v) is 1.82. The van der Waals surface area contributed by atoms with E-state index in [2.05, 4.69) is 9.97 Å². The van der Waals surface area contributed by atoms with E-state index in [9.17, 15) is 9.50 Å². The number of para-hydroxylation sites is 1.